The van der Waals surface area contributed by atoms with Crippen molar-refractivity contribution in [3.8, 4) is 0 Å². The zero-order valence-electron chi connectivity index (χ0n) is 16.7. The molecule has 2 aromatic carbocycles. The minimum Gasteiger partial charge on any atom is -0.455 e. The lowest BCUT2D eigenvalue weighted by Gasteiger charge is -2.25. The van der Waals surface area contributed by atoms with Crippen LogP contribution in [-0.2, 0) is 15.6 Å². The zero-order chi connectivity index (χ0) is 21.7. The van der Waals surface area contributed by atoms with Crippen molar-refractivity contribution in [2.75, 3.05) is 20.6 Å². The second-order valence-corrected chi connectivity index (χ2v) is 9.07. The molecule has 0 unspecified atom stereocenters. The predicted molar refractivity (Wildman–Crippen MR) is 111 cm³/mol. The van der Waals surface area contributed by atoms with E-state index in [2.05, 4.69) is 5.32 Å². The van der Waals surface area contributed by atoms with E-state index in [1.807, 2.05) is 19.0 Å². The molecular weight excluding hydrogens is 407 g/mol. The largest absolute Gasteiger partial charge is 0.455 e. The van der Waals surface area contributed by atoms with Gasteiger partial charge in [0, 0.05) is 6.54 Å². The summed E-state index contributed by atoms with van der Waals surface area (Å²) in [5.74, 6) is -0.959. The van der Waals surface area contributed by atoms with Crippen LogP contribution in [0.3, 0.4) is 0 Å². The zero-order valence-corrected chi connectivity index (χ0v) is 17.5. The highest BCUT2D eigenvalue weighted by Crippen LogP contribution is 2.20. The van der Waals surface area contributed by atoms with Gasteiger partial charge in [-0.15, -0.1) is 0 Å². The molecular formula is C22H23FN2O4S. The van der Waals surface area contributed by atoms with Gasteiger partial charge >= 0.3 is 0 Å². The highest BCUT2D eigenvalue weighted by Gasteiger charge is 2.21. The van der Waals surface area contributed by atoms with Gasteiger partial charge in [-0.25, -0.2) is 12.8 Å². The van der Waals surface area contributed by atoms with E-state index in [0.717, 1.165) is 5.56 Å². The molecule has 3 rings (SSSR count). The van der Waals surface area contributed by atoms with Crippen molar-refractivity contribution in [2.45, 2.75) is 16.7 Å². The second-order valence-electron chi connectivity index (χ2n) is 7.08. The lowest BCUT2D eigenvalue weighted by Crippen LogP contribution is -2.34. The quantitative estimate of drug-likeness (QED) is 0.592. The van der Waals surface area contributed by atoms with Crippen LogP contribution in [0.15, 0.2) is 76.0 Å². The Morgan fingerprint density at radius 2 is 1.80 bits per heavy atom. The number of hydrogen-bond acceptors (Lipinski definition) is 5. The molecule has 1 atom stereocenters. The minimum absolute atomic E-state index is 0.0185. The molecule has 0 spiro atoms. The van der Waals surface area contributed by atoms with E-state index in [1.54, 1.807) is 30.3 Å². The molecule has 0 aliphatic carbocycles. The molecule has 0 aliphatic rings. The van der Waals surface area contributed by atoms with Crippen molar-refractivity contribution in [3.63, 3.8) is 0 Å². The number of sulfone groups is 1. The van der Waals surface area contributed by atoms with Gasteiger partial charge in [-0.05, 0) is 56.1 Å². The Hall–Kier alpha value is -2.97. The topological polar surface area (TPSA) is 79.6 Å². The van der Waals surface area contributed by atoms with Crippen LogP contribution in [0.4, 0.5) is 4.39 Å². The van der Waals surface area contributed by atoms with Crippen molar-refractivity contribution < 1.29 is 22.0 Å². The number of amides is 1. The molecule has 1 heterocycles. The standard InChI is InChI=1S/C22H23FN2O4S/c1-25(2)20(16-7-6-8-17(23)13-16)14-24-22(26)21-12-11-18(29-21)15-30(27,28)19-9-4-3-5-10-19/h3-13,20H,14-15H2,1-2H3,(H,24,26)/t20-/m1/s1. The first kappa shape index (κ1) is 21.7. The van der Waals surface area contributed by atoms with Crippen LogP contribution in [0.1, 0.15) is 27.9 Å². The van der Waals surface area contributed by atoms with Crippen LogP contribution >= 0.6 is 0 Å². The van der Waals surface area contributed by atoms with Crippen molar-refractivity contribution >= 4 is 15.7 Å². The molecule has 0 aliphatic heterocycles. The molecule has 0 saturated carbocycles. The summed E-state index contributed by atoms with van der Waals surface area (Å²) in [6.45, 7) is 0.230. The van der Waals surface area contributed by atoms with Crippen LogP contribution < -0.4 is 5.32 Å². The number of furan rings is 1. The van der Waals surface area contributed by atoms with Gasteiger partial charge in [0.05, 0.1) is 10.9 Å². The molecule has 6 nitrogen and oxygen atoms in total. The summed E-state index contributed by atoms with van der Waals surface area (Å²) in [5, 5.41) is 2.76. The fraction of sp³-hybridized carbons (Fsp3) is 0.227. The summed E-state index contributed by atoms with van der Waals surface area (Å²) in [5.41, 5.74) is 0.731. The molecule has 1 N–H and O–H groups in total. The van der Waals surface area contributed by atoms with Gasteiger partial charge in [0.25, 0.3) is 5.91 Å². The van der Waals surface area contributed by atoms with Gasteiger partial charge < -0.3 is 14.6 Å². The monoisotopic (exact) mass is 430 g/mol. The normalized spacial score (nSPS) is 12.7. The fourth-order valence-electron chi connectivity index (χ4n) is 3.06. The average molecular weight is 431 g/mol. The van der Waals surface area contributed by atoms with Gasteiger partial charge in [0.15, 0.2) is 15.6 Å². The molecule has 0 saturated heterocycles. The molecule has 0 bridgehead atoms. The van der Waals surface area contributed by atoms with Crippen LogP contribution in [-0.4, -0.2) is 39.9 Å². The highest BCUT2D eigenvalue weighted by atomic mass is 32.2. The fourth-order valence-corrected chi connectivity index (χ4v) is 4.33. The summed E-state index contributed by atoms with van der Waals surface area (Å²) in [7, 11) is 0.0986. The van der Waals surface area contributed by atoms with Crippen molar-refractivity contribution in [1.29, 1.82) is 0 Å². The average Bonchev–Trinajstić information content (AvgIpc) is 3.16. The smallest absolute Gasteiger partial charge is 0.287 e. The molecule has 1 aromatic heterocycles. The first-order valence-corrected chi connectivity index (χ1v) is 11.0. The molecule has 1 amide bonds. The van der Waals surface area contributed by atoms with Crippen molar-refractivity contribution in [1.82, 2.24) is 10.2 Å². The number of nitrogens with one attached hydrogen (secondary N) is 1. The first-order chi connectivity index (χ1) is 14.3. The maximum atomic E-state index is 13.5. The third kappa shape index (κ3) is 5.34. The summed E-state index contributed by atoms with van der Waals surface area (Å²) in [4.78, 5) is 14.5. The number of nitrogens with zero attached hydrogens (tertiary/aromatic N) is 1. The van der Waals surface area contributed by atoms with Crippen LogP contribution in [0.2, 0.25) is 0 Å². The molecule has 158 valence electrons. The molecule has 3 aromatic rings. The number of carbonyl (C=O) groups is 1. The lowest BCUT2D eigenvalue weighted by atomic mass is 10.1. The molecule has 0 radical (unpaired) electrons. The Balaban J connectivity index is 1.66. The molecule has 0 fully saturated rings. The van der Waals surface area contributed by atoms with E-state index in [4.69, 9.17) is 4.42 Å². The summed E-state index contributed by atoms with van der Waals surface area (Å²) in [6.07, 6.45) is 0. The third-order valence-corrected chi connectivity index (χ3v) is 6.29. The lowest BCUT2D eigenvalue weighted by molar-refractivity contribution is 0.0912. The third-order valence-electron chi connectivity index (χ3n) is 4.63. The number of likely N-dealkylation sites (N-methyl/N-ethyl adjacent to an activating group) is 1. The number of halogens is 1. The number of benzene rings is 2. The Kier molecular flexibility index (Phi) is 6.69. The SMILES string of the molecule is CN(C)[C@H](CNC(=O)c1ccc(CS(=O)(=O)c2ccccc2)o1)c1cccc(F)c1. The van der Waals surface area contributed by atoms with Crippen LogP contribution in [0.25, 0.3) is 0 Å². The summed E-state index contributed by atoms with van der Waals surface area (Å²) in [6, 6.07) is 16.9. The first-order valence-electron chi connectivity index (χ1n) is 9.33. The number of carbonyl (C=O) groups excluding carboxylic acids is 1. The van der Waals surface area contributed by atoms with Gasteiger partial charge in [0.1, 0.15) is 17.3 Å². The minimum atomic E-state index is -3.57. The maximum Gasteiger partial charge on any atom is 0.287 e. The highest BCUT2D eigenvalue weighted by molar-refractivity contribution is 7.90. The second kappa shape index (κ2) is 9.23. The van der Waals surface area contributed by atoms with E-state index in [0.29, 0.717) is 0 Å². The number of rotatable bonds is 8. The Morgan fingerprint density at radius 1 is 1.07 bits per heavy atom. The van der Waals surface area contributed by atoms with Crippen molar-refractivity contribution in [3.05, 3.63) is 89.6 Å². The van der Waals surface area contributed by atoms with Gasteiger partial charge in [-0.3, -0.25) is 4.79 Å². The van der Waals surface area contributed by atoms with Crippen molar-refractivity contribution in [2.24, 2.45) is 0 Å². The molecule has 8 heteroatoms. The van der Waals surface area contributed by atoms with Gasteiger partial charge in [0.2, 0.25) is 0 Å². The van der Waals surface area contributed by atoms with E-state index >= 15 is 0 Å². The Labute approximate surface area is 175 Å². The van der Waals surface area contributed by atoms with Gasteiger partial charge in [-0.2, -0.15) is 0 Å². The Bertz CT molecular complexity index is 1110. The van der Waals surface area contributed by atoms with E-state index in [-0.39, 0.29) is 40.6 Å². The van der Waals surface area contributed by atoms with Crippen LogP contribution in [0.5, 0.6) is 0 Å². The van der Waals surface area contributed by atoms with E-state index < -0.39 is 15.7 Å². The van der Waals surface area contributed by atoms with E-state index in [9.17, 15) is 17.6 Å². The van der Waals surface area contributed by atoms with Gasteiger partial charge in [-0.1, -0.05) is 30.3 Å². The van der Waals surface area contributed by atoms with Crippen LogP contribution in [0, 0.1) is 5.82 Å². The molecule has 30 heavy (non-hydrogen) atoms. The summed E-state index contributed by atoms with van der Waals surface area (Å²) >= 11 is 0. The summed E-state index contributed by atoms with van der Waals surface area (Å²) < 4.78 is 43.9. The predicted octanol–water partition coefficient (Wildman–Crippen LogP) is 3.43. The Morgan fingerprint density at radius 3 is 2.47 bits per heavy atom. The van der Waals surface area contributed by atoms with E-state index in [1.165, 1.54) is 36.4 Å². The number of hydrogen-bond donors (Lipinski definition) is 1. The maximum absolute atomic E-state index is 13.5.